The van der Waals surface area contributed by atoms with Gasteiger partial charge in [-0.3, -0.25) is 0 Å². The minimum atomic E-state index is 0.454. The van der Waals surface area contributed by atoms with Crippen LogP contribution in [0.15, 0.2) is 0 Å². The lowest BCUT2D eigenvalue weighted by Crippen LogP contribution is -2.33. The SMILES string of the molecule is SC1CCCCC1OC1CCCCC1. The fraction of sp³-hybridized carbons (Fsp3) is 1.00. The zero-order valence-electron chi connectivity index (χ0n) is 8.95. The van der Waals surface area contributed by atoms with Crippen LogP contribution in [0.2, 0.25) is 0 Å². The number of thiol groups is 1. The first-order chi connectivity index (χ1) is 6.86. The van der Waals surface area contributed by atoms with E-state index in [1.807, 2.05) is 0 Å². The van der Waals surface area contributed by atoms with Crippen LogP contribution in [0.3, 0.4) is 0 Å². The van der Waals surface area contributed by atoms with E-state index in [1.54, 1.807) is 0 Å². The van der Waals surface area contributed by atoms with Crippen molar-refractivity contribution in [3.63, 3.8) is 0 Å². The van der Waals surface area contributed by atoms with Gasteiger partial charge in [-0.05, 0) is 25.7 Å². The van der Waals surface area contributed by atoms with Gasteiger partial charge in [0, 0.05) is 5.25 Å². The molecule has 0 aromatic heterocycles. The summed E-state index contributed by atoms with van der Waals surface area (Å²) in [6.07, 6.45) is 12.9. The molecular weight excluding hydrogens is 192 g/mol. The maximum atomic E-state index is 6.17. The Morgan fingerprint density at radius 2 is 1.43 bits per heavy atom. The van der Waals surface area contributed by atoms with Gasteiger partial charge in [-0.2, -0.15) is 12.6 Å². The number of hydrogen-bond acceptors (Lipinski definition) is 2. The summed E-state index contributed by atoms with van der Waals surface area (Å²) in [5.74, 6) is 0. The standard InChI is InChI=1S/C12H22OS/c14-12-9-5-4-8-11(12)13-10-6-2-1-3-7-10/h10-12,14H,1-9H2. The molecule has 0 aliphatic heterocycles. The van der Waals surface area contributed by atoms with E-state index in [0.29, 0.717) is 17.5 Å². The van der Waals surface area contributed by atoms with Gasteiger partial charge in [0.05, 0.1) is 12.2 Å². The third kappa shape index (κ3) is 2.90. The van der Waals surface area contributed by atoms with E-state index in [2.05, 4.69) is 12.6 Å². The highest BCUT2D eigenvalue weighted by Gasteiger charge is 2.26. The van der Waals surface area contributed by atoms with Gasteiger partial charge in [-0.1, -0.05) is 32.1 Å². The zero-order chi connectivity index (χ0) is 9.80. The highest BCUT2D eigenvalue weighted by Crippen LogP contribution is 2.29. The maximum absolute atomic E-state index is 6.17. The summed E-state index contributed by atoms with van der Waals surface area (Å²) >= 11 is 4.63. The molecule has 0 amide bonds. The fourth-order valence-corrected chi connectivity index (χ4v) is 3.09. The molecule has 82 valence electrons. The Balaban J connectivity index is 1.76. The lowest BCUT2D eigenvalue weighted by molar-refractivity contribution is -0.0414. The summed E-state index contributed by atoms with van der Waals surface area (Å²) < 4.78 is 6.17. The quantitative estimate of drug-likeness (QED) is 0.691. The van der Waals surface area contributed by atoms with E-state index >= 15 is 0 Å². The topological polar surface area (TPSA) is 9.23 Å². The monoisotopic (exact) mass is 214 g/mol. The zero-order valence-corrected chi connectivity index (χ0v) is 9.85. The third-order valence-electron chi connectivity index (χ3n) is 3.59. The molecule has 2 heteroatoms. The van der Waals surface area contributed by atoms with E-state index in [4.69, 9.17) is 4.74 Å². The molecule has 2 atom stereocenters. The van der Waals surface area contributed by atoms with Gasteiger partial charge in [0.1, 0.15) is 0 Å². The minimum Gasteiger partial charge on any atom is -0.374 e. The molecule has 2 unspecified atom stereocenters. The first-order valence-corrected chi connectivity index (χ1v) is 6.71. The van der Waals surface area contributed by atoms with Crippen LogP contribution < -0.4 is 0 Å². The van der Waals surface area contributed by atoms with Crippen molar-refractivity contribution >= 4 is 12.6 Å². The second-order valence-corrected chi connectivity index (χ2v) is 5.45. The van der Waals surface area contributed by atoms with E-state index in [-0.39, 0.29) is 0 Å². The lowest BCUT2D eigenvalue weighted by atomic mass is 9.94. The molecule has 0 spiro atoms. The van der Waals surface area contributed by atoms with Gasteiger partial charge in [0.2, 0.25) is 0 Å². The van der Waals surface area contributed by atoms with Crippen LogP contribution in [0.25, 0.3) is 0 Å². The molecule has 0 N–H and O–H groups in total. The predicted molar refractivity (Wildman–Crippen MR) is 63.0 cm³/mol. The molecule has 0 heterocycles. The Morgan fingerprint density at radius 1 is 0.786 bits per heavy atom. The number of ether oxygens (including phenoxy) is 1. The van der Waals surface area contributed by atoms with Crippen LogP contribution in [-0.4, -0.2) is 17.5 Å². The third-order valence-corrected chi connectivity index (χ3v) is 4.18. The first-order valence-electron chi connectivity index (χ1n) is 6.20. The van der Waals surface area contributed by atoms with Gasteiger partial charge in [-0.15, -0.1) is 0 Å². The Bertz CT molecular complexity index is 166. The van der Waals surface area contributed by atoms with Crippen LogP contribution in [0, 0.1) is 0 Å². The van der Waals surface area contributed by atoms with Crippen LogP contribution in [0.4, 0.5) is 0 Å². The van der Waals surface area contributed by atoms with E-state index in [9.17, 15) is 0 Å². The Hall–Kier alpha value is 0.310. The maximum Gasteiger partial charge on any atom is 0.0694 e. The molecule has 0 aromatic rings. The molecule has 2 rings (SSSR count). The second-order valence-electron chi connectivity index (χ2n) is 4.79. The smallest absolute Gasteiger partial charge is 0.0694 e. The molecule has 1 nitrogen and oxygen atoms in total. The molecule has 14 heavy (non-hydrogen) atoms. The van der Waals surface area contributed by atoms with Crippen molar-refractivity contribution in [1.29, 1.82) is 0 Å². The highest BCUT2D eigenvalue weighted by molar-refractivity contribution is 7.81. The van der Waals surface area contributed by atoms with Crippen molar-refractivity contribution in [2.24, 2.45) is 0 Å². The largest absolute Gasteiger partial charge is 0.374 e. The van der Waals surface area contributed by atoms with Crippen molar-refractivity contribution in [3.8, 4) is 0 Å². The van der Waals surface area contributed by atoms with Gasteiger partial charge in [-0.25, -0.2) is 0 Å². The van der Waals surface area contributed by atoms with Gasteiger partial charge >= 0.3 is 0 Å². The fourth-order valence-electron chi connectivity index (χ4n) is 2.68. The van der Waals surface area contributed by atoms with Crippen molar-refractivity contribution in [2.45, 2.75) is 75.2 Å². The molecule has 2 fully saturated rings. The molecule has 0 aromatic carbocycles. The number of rotatable bonds is 2. The average molecular weight is 214 g/mol. The van der Waals surface area contributed by atoms with Crippen molar-refractivity contribution in [1.82, 2.24) is 0 Å². The lowest BCUT2D eigenvalue weighted by Gasteiger charge is -2.33. The first kappa shape index (κ1) is 10.8. The van der Waals surface area contributed by atoms with Crippen LogP contribution in [0.1, 0.15) is 57.8 Å². The number of hydrogen-bond donors (Lipinski definition) is 1. The Kier molecular flexibility index (Phi) is 4.18. The van der Waals surface area contributed by atoms with Crippen molar-refractivity contribution in [2.75, 3.05) is 0 Å². The average Bonchev–Trinajstić information content (AvgIpc) is 2.23. The van der Waals surface area contributed by atoms with Crippen molar-refractivity contribution < 1.29 is 4.74 Å². The molecule has 0 bridgehead atoms. The molecule has 0 saturated heterocycles. The van der Waals surface area contributed by atoms with Gasteiger partial charge < -0.3 is 4.74 Å². The molecule has 2 aliphatic rings. The van der Waals surface area contributed by atoms with Crippen LogP contribution in [0.5, 0.6) is 0 Å². The van der Waals surface area contributed by atoms with Crippen molar-refractivity contribution in [3.05, 3.63) is 0 Å². The summed E-state index contributed by atoms with van der Waals surface area (Å²) in [4.78, 5) is 0. The normalized spacial score (nSPS) is 35.8. The molecular formula is C12H22OS. The summed E-state index contributed by atoms with van der Waals surface area (Å²) in [6.45, 7) is 0. The minimum absolute atomic E-state index is 0.454. The van der Waals surface area contributed by atoms with E-state index in [0.717, 1.165) is 0 Å². The highest BCUT2D eigenvalue weighted by atomic mass is 32.1. The van der Waals surface area contributed by atoms with Gasteiger partial charge in [0.15, 0.2) is 0 Å². The summed E-state index contributed by atoms with van der Waals surface area (Å²) in [6, 6.07) is 0. The second kappa shape index (κ2) is 5.41. The summed E-state index contributed by atoms with van der Waals surface area (Å²) in [5.41, 5.74) is 0. The van der Waals surface area contributed by atoms with Crippen LogP contribution >= 0.6 is 12.6 Å². The van der Waals surface area contributed by atoms with E-state index in [1.165, 1.54) is 57.8 Å². The Labute approximate surface area is 93.0 Å². The Morgan fingerprint density at radius 3 is 2.14 bits per heavy atom. The van der Waals surface area contributed by atoms with Crippen LogP contribution in [-0.2, 0) is 4.74 Å². The van der Waals surface area contributed by atoms with E-state index < -0.39 is 0 Å². The summed E-state index contributed by atoms with van der Waals surface area (Å²) in [7, 11) is 0. The molecule has 2 aliphatic carbocycles. The summed E-state index contributed by atoms with van der Waals surface area (Å²) in [5, 5.41) is 0.505. The van der Waals surface area contributed by atoms with Gasteiger partial charge in [0.25, 0.3) is 0 Å². The predicted octanol–water partition coefficient (Wildman–Crippen LogP) is 3.58. The molecule has 2 saturated carbocycles. The molecule has 0 radical (unpaired) electrons.